The number of carbonyl (C=O) groups is 3. The lowest BCUT2D eigenvalue weighted by atomic mass is 10.2. The van der Waals surface area contributed by atoms with Crippen LogP contribution >= 0.6 is 0 Å². The molecule has 140 valence electrons. The molecule has 0 saturated carbocycles. The molecule has 0 unspecified atom stereocenters. The Morgan fingerprint density at radius 2 is 1.79 bits per heavy atom. The van der Waals surface area contributed by atoms with Crippen LogP contribution in [0.15, 0.2) is 52.9 Å². The van der Waals surface area contributed by atoms with Crippen LogP contribution in [-0.2, 0) is 9.59 Å². The van der Waals surface area contributed by atoms with Crippen molar-refractivity contribution < 1.29 is 23.2 Å². The third-order valence-corrected chi connectivity index (χ3v) is 4.14. The Bertz CT molecular complexity index is 1080. The number of hydrogen-bond donors (Lipinski definition) is 1. The molecule has 1 aromatic heterocycles. The predicted octanol–water partition coefficient (Wildman–Crippen LogP) is 2.78. The fraction of sp³-hybridized carbons (Fsp3) is 0.105. The highest BCUT2D eigenvalue weighted by Crippen LogP contribution is 2.24. The van der Waals surface area contributed by atoms with Crippen molar-refractivity contribution in [3.8, 4) is 11.5 Å². The van der Waals surface area contributed by atoms with E-state index in [1.54, 1.807) is 18.2 Å². The second kappa shape index (κ2) is 7.03. The molecule has 3 aromatic rings. The van der Waals surface area contributed by atoms with E-state index in [2.05, 4.69) is 15.5 Å². The van der Waals surface area contributed by atoms with E-state index in [-0.39, 0.29) is 42.1 Å². The van der Waals surface area contributed by atoms with E-state index < -0.39 is 11.7 Å². The van der Waals surface area contributed by atoms with Gasteiger partial charge in [-0.1, -0.05) is 17.2 Å². The Labute approximate surface area is 158 Å². The standard InChI is InChI=1S/C19H13FN4O4/c20-13-5-1-4-12(9-13)18-22-23-19(28-18)21-17(27)11-3-2-6-14(10-11)24-15(25)7-8-16(24)26/h1-6,9-10H,7-8H2,(H,21,23,27). The second-order valence-corrected chi connectivity index (χ2v) is 6.05. The molecular formula is C19H13FN4O4. The highest BCUT2D eigenvalue weighted by Gasteiger charge is 2.30. The van der Waals surface area contributed by atoms with Gasteiger partial charge in [-0.25, -0.2) is 4.39 Å². The Kier molecular flexibility index (Phi) is 4.40. The monoisotopic (exact) mass is 380 g/mol. The number of halogens is 1. The second-order valence-electron chi connectivity index (χ2n) is 6.05. The van der Waals surface area contributed by atoms with Gasteiger partial charge < -0.3 is 4.42 Å². The minimum absolute atomic E-state index is 0.0526. The Morgan fingerprint density at radius 3 is 2.54 bits per heavy atom. The van der Waals surface area contributed by atoms with Gasteiger partial charge >= 0.3 is 6.01 Å². The zero-order chi connectivity index (χ0) is 19.7. The van der Waals surface area contributed by atoms with Crippen LogP contribution in [0, 0.1) is 5.82 Å². The number of carbonyl (C=O) groups excluding carboxylic acids is 3. The summed E-state index contributed by atoms with van der Waals surface area (Å²) in [6.07, 6.45) is 0.306. The normalized spacial score (nSPS) is 13.8. The van der Waals surface area contributed by atoms with Crippen LogP contribution in [0.4, 0.5) is 16.1 Å². The van der Waals surface area contributed by atoms with Crippen molar-refractivity contribution >= 4 is 29.4 Å². The Hall–Kier alpha value is -3.88. The van der Waals surface area contributed by atoms with E-state index in [0.29, 0.717) is 11.3 Å². The van der Waals surface area contributed by atoms with Gasteiger partial charge in [0.1, 0.15) is 5.82 Å². The summed E-state index contributed by atoms with van der Waals surface area (Å²) in [6.45, 7) is 0. The summed E-state index contributed by atoms with van der Waals surface area (Å²) < 4.78 is 18.6. The summed E-state index contributed by atoms with van der Waals surface area (Å²) in [5.74, 6) is -1.57. The average molecular weight is 380 g/mol. The minimum Gasteiger partial charge on any atom is -0.403 e. The maximum Gasteiger partial charge on any atom is 0.322 e. The molecule has 4 rings (SSSR count). The topological polar surface area (TPSA) is 105 Å². The first-order valence-electron chi connectivity index (χ1n) is 8.38. The first-order valence-corrected chi connectivity index (χ1v) is 8.38. The van der Waals surface area contributed by atoms with E-state index in [0.717, 1.165) is 4.90 Å². The molecule has 0 aliphatic carbocycles. The van der Waals surface area contributed by atoms with Gasteiger partial charge in [0.25, 0.3) is 5.91 Å². The molecule has 1 aliphatic rings. The van der Waals surface area contributed by atoms with E-state index in [4.69, 9.17) is 4.42 Å². The number of rotatable bonds is 4. The van der Waals surface area contributed by atoms with Crippen LogP contribution in [0.5, 0.6) is 0 Å². The van der Waals surface area contributed by atoms with E-state index in [9.17, 15) is 18.8 Å². The molecule has 3 amide bonds. The quantitative estimate of drug-likeness (QED) is 0.698. The lowest BCUT2D eigenvalue weighted by Crippen LogP contribution is -2.28. The molecule has 1 N–H and O–H groups in total. The molecule has 8 nitrogen and oxygen atoms in total. The minimum atomic E-state index is -0.560. The zero-order valence-corrected chi connectivity index (χ0v) is 14.4. The number of nitrogens with one attached hydrogen (secondary N) is 1. The molecule has 1 aliphatic heterocycles. The van der Waals surface area contributed by atoms with Gasteiger partial charge in [-0.15, -0.1) is 5.10 Å². The first-order chi connectivity index (χ1) is 13.5. The third-order valence-electron chi connectivity index (χ3n) is 4.14. The number of anilines is 2. The fourth-order valence-electron chi connectivity index (χ4n) is 2.83. The van der Waals surface area contributed by atoms with Crippen molar-refractivity contribution in [2.45, 2.75) is 12.8 Å². The molecule has 0 spiro atoms. The number of aromatic nitrogens is 2. The summed E-state index contributed by atoms with van der Waals surface area (Å²) >= 11 is 0. The van der Waals surface area contributed by atoms with Crippen LogP contribution in [0.25, 0.3) is 11.5 Å². The number of imide groups is 1. The molecule has 0 bridgehead atoms. The molecule has 0 atom stereocenters. The lowest BCUT2D eigenvalue weighted by molar-refractivity contribution is -0.121. The molecule has 1 saturated heterocycles. The highest BCUT2D eigenvalue weighted by atomic mass is 19.1. The average Bonchev–Trinajstić information content (AvgIpc) is 3.28. The summed E-state index contributed by atoms with van der Waals surface area (Å²) in [5.41, 5.74) is 0.905. The molecular weight excluding hydrogens is 367 g/mol. The number of hydrogen-bond acceptors (Lipinski definition) is 6. The maximum absolute atomic E-state index is 13.3. The van der Waals surface area contributed by atoms with Gasteiger partial charge in [0.05, 0.1) is 5.69 Å². The highest BCUT2D eigenvalue weighted by molar-refractivity contribution is 6.20. The van der Waals surface area contributed by atoms with Gasteiger partial charge in [-0.3, -0.25) is 24.6 Å². The zero-order valence-electron chi connectivity index (χ0n) is 14.4. The van der Waals surface area contributed by atoms with Gasteiger partial charge in [0, 0.05) is 24.0 Å². The predicted molar refractivity (Wildman–Crippen MR) is 95.8 cm³/mol. The molecule has 28 heavy (non-hydrogen) atoms. The maximum atomic E-state index is 13.3. The summed E-state index contributed by atoms with van der Waals surface area (Å²) in [4.78, 5) is 37.2. The summed E-state index contributed by atoms with van der Waals surface area (Å²) in [6, 6.07) is 11.5. The molecule has 2 heterocycles. The van der Waals surface area contributed by atoms with Crippen molar-refractivity contribution in [3.63, 3.8) is 0 Å². The van der Waals surface area contributed by atoms with Crippen molar-refractivity contribution in [2.75, 3.05) is 10.2 Å². The van der Waals surface area contributed by atoms with E-state index >= 15 is 0 Å². The smallest absolute Gasteiger partial charge is 0.322 e. The van der Waals surface area contributed by atoms with E-state index in [1.807, 2.05) is 0 Å². The van der Waals surface area contributed by atoms with Crippen LogP contribution < -0.4 is 10.2 Å². The SMILES string of the molecule is O=C(Nc1nnc(-c2cccc(F)c2)o1)c1cccc(N2C(=O)CCC2=O)c1. The van der Waals surface area contributed by atoms with Crippen LogP contribution in [0.1, 0.15) is 23.2 Å². The van der Waals surface area contributed by atoms with Crippen LogP contribution in [0.3, 0.4) is 0 Å². The number of amides is 3. The largest absolute Gasteiger partial charge is 0.403 e. The summed E-state index contributed by atoms with van der Waals surface area (Å²) in [7, 11) is 0. The Balaban J connectivity index is 1.52. The number of benzene rings is 2. The van der Waals surface area contributed by atoms with Crippen LogP contribution in [0.2, 0.25) is 0 Å². The van der Waals surface area contributed by atoms with Crippen LogP contribution in [-0.4, -0.2) is 27.9 Å². The Morgan fingerprint density at radius 1 is 1.04 bits per heavy atom. The van der Waals surface area contributed by atoms with Crippen molar-refractivity contribution in [1.29, 1.82) is 0 Å². The van der Waals surface area contributed by atoms with Gasteiger partial charge in [0.2, 0.25) is 17.7 Å². The third kappa shape index (κ3) is 3.37. The van der Waals surface area contributed by atoms with Gasteiger partial charge in [-0.2, -0.15) is 0 Å². The molecule has 9 heteroatoms. The fourth-order valence-corrected chi connectivity index (χ4v) is 2.83. The summed E-state index contributed by atoms with van der Waals surface area (Å²) in [5, 5.41) is 9.94. The van der Waals surface area contributed by atoms with Gasteiger partial charge in [0.15, 0.2) is 0 Å². The van der Waals surface area contributed by atoms with Crippen molar-refractivity contribution in [1.82, 2.24) is 10.2 Å². The number of nitrogens with zero attached hydrogens (tertiary/aromatic N) is 3. The molecule has 2 aromatic carbocycles. The first kappa shape index (κ1) is 17.5. The van der Waals surface area contributed by atoms with Crippen molar-refractivity contribution in [3.05, 3.63) is 59.9 Å². The van der Waals surface area contributed by atoms with E-state index in [1.165, 1.54) is 30.3 Å². The molecule has 0 radical (unpaired) electrons. The van der Waals surface area contributed by atoms with Gasteiger partial charge in [-0.05, 0) is 36.4 Å². The van der Waals surface area contributed by atoms with Crippen molar-refractivity contribution in [2.24, 2.45) is 0 Å². The lowest BCUT2D eigenvalue weighted by Gasteiger charge is -2.14. The molecule has 1 fully saturated rings.